The molecule has 2 aromatic carbocycles. The second-order valence-electron chi connectivity index (χ2n) is 5.25. The van der Waals surface area contributed by atoms with Crippen LogP contribution in [0.2, 0.25) is 0 Å². The van der Waals surface area contributed by atoms with Crippen LogP contribution in [0.3, 0.4) is 0 Å². The molecule has 0 saturated carbocycles. The number of ether oxygens (including phenoxy) is 1. The molecule has 1 heterocycles. The van der Waals surface area contributed by atoms with Gasteiger partial charge in [0.2, 0.25) is 0 Å². The Balaban J connectivity index is 1.97. The first kappa shape index (κ1) is 15.9. The van der Waals surface area contributed by atoms with Crippen molar-refractivity contribution in [3.05, 3.63) is 71.7 Å². The first-order valence-electron chi connectivity index (χ1n) is 7.70. The monoisotopic (exact) mass is 321 g/mol. The van der Waals surface area contributed by atoms with Gasteiger partial charge in [-0.15, -0.1) is 0 Å². The number of aromatic nitrogens is 1. The minimum atomic E-state index is -0.309. The Hall–Kier alpha value is -3.01. The molecule has 0 saturated heterocycles. The van der Waals surface area contributed by atoms with Crippen molar-refractivity contribution in [1.82, 2.24) is 4.98 Å². The fourth-order valence-electron chi connectivity index (χ4n) is 2.29. The van der Waals surface area contributed by atoms with Crippen molar-refractivity contribution in [2.45, 2.75) is 13.3 Å². The number of benzene rings is 2. The van der Waals surface area contributed by atoms with Crippen LogP contribution in [0.25, 0.3) is 23.1 Å². The molecule has 0 N–H and O–H groups in total. The van der Waals surface area contributed by atoms with Gasteiger partial charge in [0, 0.05) is 17.4 Å². The van der Waals surface area contributed by atoms with E-state index in [1.165, 1.54) is 6.07 Å². The van der Waals surface area contributed by atoms with E-state index in [-0.39, 0.29) is 11.8 Å². The lowest BCUT2D eigenvalue weighted by molar-refractivity contribution is -0.133. The van der Waals surface area contributed by atoms with Gasteiger partial charge in [-0.25, -0.2) is 9.37 Å². The van der Waals surface area contributed by atoms with Crippen LogP contribution < -0.4 is 4.74 Å². The van der Waals surface area contributed by atoms with Gasteiger partial charge in [0.15, 0.2) is 5.75 Å². The standard InChI is InChI=1S/C20H16FNO2/c1-2-19(23)24-18-9-5-7-15-11-13-16(22-20(15)18)12-10-14-6-3-4-8-17(14)21/h3-13H,2H2,1H3/b12-10+. The molecular formula is C20H16FNO2. The summed E-state index contributed by atoms with van der Waals surface area (Å²) < 4.78 is 19.0. The van der Waals surface area contributed by atoms with Gasteiger partial charge in [-0.2, -0.15) is 0 Å². The minimum absolute atomic E-state index is 0.285. The summed E-state index contributed by atoms with van der Waals surface area (Å²) >= 11 is 0. The molecule has 120 valence electrons. The number of hydrogen-bond donors (Lipinski definition) is 0. The topological polar surface area (TPSA) is 39.2 Å². The fraction of sp³-hybridized carbons (Fsp3) is 0.100. The van der Waals surface area contributed by atoms with Gasteiger partial charge in [0.05, 0.1) is 5.69 Å². The smallest absolute Gasteiger partial charge is 0.310 e. The molecular weight excluding hydrogens is 305 g/mol. The molecule has 4 heteroatoms. The van der Waals surface area contributed by atoms with Gasteiger partial charge in [-0.1, -0.05) is 43.3 Å². The summed E-state index contributed by atoms with van der Waals surface area (Å²) in [7, 11) is 0. The number of pyridine rings is 1. The van der Waals surface area contributed by atoms with Crippen molar-refractivity contribution in [1.29, 1.82) is 0 Å². The summed E-state index contributed by atoms with van der Waals surface area (Å²) in [6, 6.07) is 15.7. The average molecular weight is 321 g/mol. The molecule has 0 radical (unpaired) electrons. The van der Waals surface area contributed by atoms with E-state index in [1.54, 1.807) is 43.3 Å². The van der Waals surface area contributed by atoms with Gasteiger partial charge in [0.25, 0.3) is 0 Å². The number of hydrogen-bond acceptors (Lipinski definition) is 3. The lowest BCUT2D eigenvalue weighted by atomic mass is 10.1. The van der Waals surface area contributed by atoms with Crippen LogP contribution in [-0.4, -0.2) is 11.0 Å². The minimum Gasteiger partial charge on any atom is -0.424 e. The van der Waals surface area contributed by atoms with Crippen molar-refractivity contribution in [3.8, 4) is 5.75 Å². The summed E-state index contributed by atoms with van der Waals surface area (Å²) in [5.74, 6) is -0.163. The third-order valence-electron chi connectivity index (χ3n) is 3.56. The number of rotatable bonds is 4. The molecule has 0 aliphatic rings. The molecule has 0 spiro atoms. The van der Waals surface area contributed by atoms with Crippen LogP contribution in [0, 0.1) is 5.82 Å². The molecule has 0 unspecified atom stereocenters. The summed E-state index contributed by atoms with van der Waals surface area (Å²) in [6.45, 7) is 1.74. The third-order valence-corrected chi connectivity index (χ3v) is 3.56. The predicted molar refractivity (Wildman–Crippen MR) is 93.0 cm³/mol. The molecule has 3 aromatic rings. The van der Waals surface area contributed by atoms with Crippen molar-refractivity contribution < 1.29 is 13.9 Å². The highest BCUT2D eigenvalue weighted by molar-refractivity contribution is 5.88. The second kappa shape index (κ2) is 7.04. The van der Waals surface area contributed by atoms with Crippen molar-refractivity contribution in [2.75, 3.05) is 0 Å². The summed E-state index contributed by atoms with van der Waals surface area (Å²) in [5, 5.41) is 0.874. The average Bonchev–Trinajstić information content (AvgIpc) is 2.61. The Kier molecular flexibility index (Phi) is 4.66. The highest BCUT2D eigenvalue weighted by Crippen LogP contribution is 2.25. The number of carbonyl (C=O) groups excluding carboxylic acids is 1. The predicted octanol–water partition coefficient (Wildman–Crippen LogP) is 4.86. The van der Waals surface area contributed by atoms with E-state index in [4.69, 9.17) is 4.74 Å². The van der Waals surface area contributed by atoms with Crippen LogP contribution >= 0.6 is 0 Å². The molecule has 0 atom stereocenters. The maximum atomic E-state index is 13.7. The van der Waals surface area contributed by atoms with Gasteiger partial charge in [0.1, 0.15) is 11.3 Å². The molecule has 0 aliphatic heterocycles. The quantitative estimate of drug-likeness (QED) is 0.509. The molecule has 3 nitrogen and oxygen atoms in total. The normalized spacial score (nSPS) is 11.1. The first-order valence-corrected chi connectivity index (χ1v) is 7.70. The van der Waals surface area contributed by atoms with Gasteiger partial charge >= 0.3 is 5.97 Å². The van der Waals surface area contributed by atoms with Crippen LogP contribution in [0.4, 0.5) is 4.39 Å². The van der Waals surface area contributed by atoms with Crippen molar-refractivity contribution in [2.24, 2.45) is 0 Å². The fourth-order valence-corrected chi connectivity index (χ4v) is 2.29. The Morgan fingerprint density at radius 3 is 2.71 bits per heavy atom. The summed E-state index contributed by atoms with van der Waals surface area (Å²) in [4.78, 5) is 16.1. The first-order chi connectivity index (χ1) is 11.7. The second-order valence-corrected chi connectivity index (χ2v) is 5.25. The van der Waals surface area contributed by atoms with Crippen molar-refractivity contribution >= 4 is 29.0 Å². The van der Waals surface area contributed by atoms with Gasteiger partial charge in [-0.05, 0) is 30.4 Å². The zero-order chi connectivity index (χ0) is 16.9. The maximum absolute atomic E-state index is 13.7. The number of fused-ring (bicyclic) bond motifs is 1. The lowest BCUT2D eigenvalue weighted by Crippen LogP contribution is -2.06. The van der Waals surface area contributed by atoms with E-state index < -0.39 is 0 Å². The molecule has 0 amide bonds. The number of para-hydroxylation sites is 1. The number of carbonyl (C=O) groups is 1. The molecule has 3 rings (SSSR count). The van der Waals surface area contributed by atoms with E-state index in [9.17, 15) is 9.18 Å². The summed E-state index contributed by atoms with van der Waals surface area (Å²) in [5.41, 5.74) is 1.76. The Morgan fingerprint density at radius 2 is 1.92 bits per heavy atom. The molecule has 0 bridgehead atoms. The zero-order valence-corrected chi connectivity index (χ0v) is 13.2. The maximum Gasteiger partial charge on any atom is 0.310 e. The van der Waals surface area contributed by atoms with Crippen LogP contribution in [0.15, 0.2) is 54.6 Å². The SMILES string of the molecule is CCC(=O)Oc1cccc2ccc(/C=C/c3ccccc3F)nc12. The lowest BCUT2D eigenvalue weighted by Gasteiger charge is -2.07. The van der Waals surface area contributed by atoms with E-state index in [0.29, 0.717) is 28.9 Å². The van der Waals surface area contributed by atoms with E-state index in [1.807, 2.05) is 24.3 Å². The number of nitrogens with zero attached hydrogens (tertiary/aromatic N) is 1. The van der Waals surface area contributed by atoms with E-state index in [2.05, 4.69) is 4.98 Å². The van der Waals surface area contributed by atoms with E-state index >= 15 is 0 Å². The molecule has 24 heavy (non-hydrogen) atoms. The largest absolute Gasteiger partial charge is 0.424 e. The number of esters is 1. The Labute approximate surface area is 139 Å². The number of halogens is 1. The van der Waals surface area contributed by atoms with Gasteiger partial charge in [-0.3, -0.25) is 4.79 Å². The highest BCUT2D eigenvalue weighted by atomic mass is 19.1. The van der Waals surface area contributed by atoms with Crippen molar-refractivity contribution in [3.63, 3.8) is 0 Å². The Morgan fingerprint density at radius 1 is 1.08 bits per heavy atom. The van der Waals surface area contributed by atoms with Crippen LogP contribution in [0.5, 0.6) is 5.75 Å². The third kappa shape index (κ3) is 3.49. The van der Waals surface area contributed by atoms with Crippen LogP contribution in [0.1, 0.15) is 24.6 Å². The highest BCUT2D eigenvalue weighted by Gasteiger charge is 2.08. The zero-order valence-electron chi connectivity index (χ0n) is 13.2. The molecule has 0 fully saturated rings. The summed E-state index contributed by atoms with van der Waals surface area (Å²) in [6.07, 6.45) is 3.70. The molecule has 1 aromatic heterocycles. The van der Waals surface area contributed by atoms with Crippen LogP contribution in [-0.2, 0) is 4.79 Å². The van der Waals surface area contributed by atoms with E-state index in [0.717, 1.165) is 5.39 Å². The Bertz CT molecular complexity index is 918. The van der Waals surface area contributed by atoms with Gasteiger partial charge < -0.3 is 4.74 Å². The molecule has 0 aliphatic carbocycles.